The molecule has 0 aliphatic rings. The highest BCUT2D eigenvalue weighted by Crippen LogP contribution is 2.24. The van der Waals surface area contributed by atoms with E-state index in [2.05, 4.69) is 5.32 Å². The molecule has 1 aromatic carbocycles. The van der Waals surface area contributed by atoms with Gasteiger partial charge in [0.2, 0.25) is 0 Å². The third kappa shape index (κ3) is 2.53. The Labute approximate surface area is 84.3 Å². The lowest BCUT2D eigenvalue weighted by Gasteiger charge is -2.25. The Bertz CT molecular complexity index is 297. The number of rotatable bonds is 4. The summed E-state index contributed by atoms with van der Waals surface area (Å²) in [4.78, 5) is 0. The zero-order valence-electron chi connectivity index (χ0n) is 8.68. The molecule has 0 saturated heterocycles. The molecule has 0 aromatic heterocycles. The molecule has 0 fully saturated rings. The minimum absolute atomic E-state index is 0.156. The van der Waals surface area contributed by atoms with Crippen molar-refractivity contribution in [3.05, 3.63) is 35.6 Å². The Morgan fingerprint density at radius 3 is 2.57 bits per heavy atom. The Balaban J connectivity index is 2.86. The molecule has 0 aliphatic heterocycles. The van der Waals surface area contributed by atoms with E-state index in [0.717, 1.165) is 5.56 Å². The summed E-state index contributed by atoms with van der Waals surface area (Å²) in [6.45, 7) is 5.07. The van der Waals surface area contributed by atoms with Gasteiger partial charge in [0.05, 0.1) is 0 Å². The number of hydrogen-bond acceptors (Lipinski definition) is 2. The molecule has 0 saturated carbocycles. The van der Waals surface area contributed by atoms with Crippen molar-refractivity contribution in [1.82, 2.24) is 5.32 Å². The fraction of sp³-hybridized carbons (Fsp3) is 0.455. The van der Waals surface area contributed by atoms with Crippen LogP contribution >= 0.6 is 0 Å². The molecular formula is C11H17FN2. The lowest BCUT2D eigenvalue weighted by Crippen LogP contribution is -2.36. The highest BCUT2D eigenvalue weighted by atomic mass is 19.1. The minimum Gasteiger partial charge on any atom is -0.318 e. The van der Waals surface area contributed by atoms with Crippen molar-refractivity contribution < 1.29 is 4.39 Å². The van der Waals surface area contributed by atoms with Crippen LogP contribution in [0.5, 0.6) is 0 Å². The molecule has 0 unspecified atom stereocenters. The van der Waals surface area contributed by atoms with Crippen LogP contribution in [0.3, 0.4) is 0 Å². The van der Waals surface area contributed by atoms with Crippen LogP contribution in [0.2, 0.25) is 0 Å². The summed E-state index contributed by atoms with van der Waals surface area (Å²) in [7, 11) is 0. The van der Waals surface area contributed by atoms with E-state index in [1.165, 1.54) is 6.07 Å². The van der Waals surface area contributed by atoms with Gasteiger partial charge in [-0.1, -0.05) is 32.0 Å². The Morgan fingerprint density at radius 1 is 1.36 bits per heavy atom. The largest absolute Gasteiger partial charge is 0.318 e. The Morgan fingerprint density at radius 2 is 2.00 bits per heavy atom. The maximum Gasteiger partial charge on any atom is 0.126 e. The quantitative estimate of drug-likeness (QED) is 0.718. The normalized spacial score (nSPS) is 11.7. The zero-order chi connectivity index (χ0) is 10.6. The first-order valence-corrected chi connectivity index (χ1v) is 4.74. The second kappa shape index (κ2) is 4.53. The molecule has 2 nitrogen and oxygen atoms in total. The van der Waals surface area contributed by atoms with Gasteiger partial charge in [0.15, 0.2) is 0 Å². The van der Waals surface area contributed by atoms with Crippen molar-refractivity contribution in [2.75, 3.05) is 13.2 Å². The first kappa shape index (κ1) is 11.1. The third-order valence-corrected chi connectivity index (χ3v) is 2.31. The summed E-state index contributed by atoms with van der Waals surface area (Å²) >= 11 is 0. The van der Waals surface area contributed by atoms with E-state index in [1.807, 2.05) is 26.0 Å². The van der Waals surface area contributed by atoms with Gasteiger partial charge in [0.1, 0.15) is 5.82 Å². The molecule has 1 rings (SSSR count). The standard InChI is InChI=1S/C11H17FN2/c1-11(2,7-14-8-13)9-5-3-4-6-10(9)12/h3-6,14H,7-8,13H2,1-2H3. The van der Waals surface area contributed by atoms with Crippen LogP contribution in [0.1, 0.15) is 19.4 Å². The average molecular weight is 196 g/mol. The lowest BCUT2D eigenvalue weighted by atomic mass is 9.84. The monoisotopic (exact) mass is 196 g/mol. The van der Waals surface area contributed by atoms with E-state index >= 15 is 0 Å². The van der Waals surface area contributed by atoms with Gasteiger partial charge in [-0.05, 0) is 11.6 Å². The van der Waals surface area contributed by atoms with Gasteiger partial charge < -0.3 is 11.1 Å². The molecule has 0 radical (unpaired) electrons. The number of nitrogens with one attached hydrogen (secondary N) is 1. The topological polar surface area (TPSA) is 38.0 Å². The molecular weight excluding hydrogens is 179 g/mol. The lowest BCUT2D eigenvalue weighted by molar-refractivity contribution is 0.448. The number of halogens is 1. The number of hydrogen-bond donors (Lipinski definition) is 2. The fourth-order valence-corrected chi connectivity index (χ4v) is 1.49. The Hall–Kier alpha value is -0.930. The maximum atomic E-state index is 13.5. The minimum atomic E-state index is -0.231. The van der Waals surface area contributed by atoms with E-state index in [9.17, 15) is 4.39 Å². The van der Waals surface area contributed by atoms with Gasteiger partial charge >= 0.3 is 0 Å². The molecule has 1 aromatic rings. The van der Waals surface area contributed by atoms with Crippen LogP contribution < -0.4 is 11.1 Å². The van der Waals surface area contributed by atoms with Crippen molar-refractivity contribution in [3.8, 4) is 0 Å². The van der Waals surface area contributed by atoms with Crippen LogP contribution in [-0.2, 0) is 5.41 Å². The highest BCUT2D eigenvalue weighted by molar-refractivity contribution is 5.25. The molecule has 0 spiro atoms. The summed E-state index contributed by atoms with van der Waals surface area (Å²) in [5.41, 5.74) is 5.84. The SMILES string of the molecule is CC(C)(CNCN)c1ccccc1F. The second-order valence-electron chi connectivity index (χ2n) is 3.99. The predicted octanol–water partition coefficient (Wildman–Crippen LogP) is 1.61. The van der Waals surface area contributed by atoms with Crippen LogP contribution in [0.25, 0.3) is 0 Å². The Kier molecular flexibility index (Phi) is 3.61. The number of benzene rings is 1. The first-order chi connectivity index (χ1) is 6.58. The third-order valence-electron chi connectivity index (χ3n) is 2.31. The molecule has 0 bridgehead atoms. The molecule has 0 heterocycles. The van der Waals surface area contributed by atoms with Crippen molar-refractivity contribution in [1.29, 1.82) is 0 Å². The first-order valence-electron chi connectivity index (χ1n) is 4.74. The maximum absolute atomic E-state index is 13.5. The van der Waals surface area contributed by atoms with E-state index in [0.29, 0.717) is 13.2 Å². The summed E-state index contributed by atoms with van der Waals surface area (Å²) in [5, 5.41) is 3.03. The summed E-state index contributed by atoms with van der Waals surface area (Å²) in [6, 6.07) is 6.85. The zero-order valence-corrected chi connectivity index (χ0v) is 8.68. The van der Waals surface area contributed by atoms with Gasteiger partial charge in [0.25, 0.3) is 0 Å². The van der Waals surface area contributed by atoms with Crippen molar-refractivity contribution >= 4 is 0 Å². The smallest absolute Gasteiger partial charge is 0.126 e. The van der Waals surface area contributed by atoms with Crippen molar-refractivity contribution in [2.45, 2.75) is 19.3 Å². The molecule has 0 amide bonds. The van der Waals surface area contributed by atoms with Crippen LogP contribution in [-0.4, -0.2) is 13.2 Å². The van der Waals surface area contributed by atoms with E-state index in [4.69, 9.17) is 5.73 Å². The van der Waals surface area contributed by atoms with Crippen LogP contribution in [0.4, 0.5) is 4.39 Å². The molecule has 3 heteroatoms. The van der Waals surface area contributed by atoms with Gasteiger partial charge in [-0.3, -0.25) is 0 Å². The van der Waals surface area contributed by atoms with E-state index in [-0.39, 0.29) is 11.2 Å². The van der Waals surface area contributed by atoms with Gasteiger partial charge in [-0.15, -0.1) is 0 Å². The summed E-state index contributed by atoms with van der Waals surface area (Å²) < 4.78 is 13.5. The second-order valence-corrected chi connectivity index (χ2v) is 3.99. The van der Waals surface area contributed by atoms with Crippen molar-refractivity contribution in [3.63, 3.8) is 0 Å². The molecule has 78 valence electrons. The highest BCUT2D eigenvalue weighted by Gasteiger charge is 2.22. The summed E-state index contributed by atoms with van der Waals surface area (Å²) in [6.07, 6.45) is 0. The van der Waals surface area contributed by atoms with Crippen molar-refractivity contribution in [2.24, 2.45) is 5.73 Å². The predicted molar refractivity (Wildman–Crippen MR) is 56.5 cm³/mol. The molecule has 0 atom stereocenters. The molecule has 14 heavy (non-hydrogen) atoms. The van der Waals surface area contributed by atoms with Gasteiger partial charge in [-0.2, -0.15) is 0 Å². The number of nitrogens with two attached hydrogens (primary N) is 1. The molecule has 3 N–H and O–H groups in total. The fourth-order valence-electron chi connectivity index (χ4n) is 1.49. The van der Waals surface area contributed by atoms with Gasteiger partial charge in [-0.25, -0.2) is 4.39 Å². The van der Waals surface area contributed by atoms with Crippen LogP contribution in [0, 0.1) is 5.82 Å². The average Bonchev–Trinajstić information content (AvgIpc) is 2.15. The van der Waals surface area contributed by atoms with E-state index in [1.54, 1.807) is 6.07 Å². The summed E-state index contributed by atoms with van der Waals surface area (Å²) in [5.74, 6) is -0.156. The van der Waals surface area contributed by atoms with Gasteiger partial charge in [0, 0.05) is 18.6 Å². The van der Waals surface area contributed by atoms with E-state index < -0.39 is 0 Å². The molecule has 0 aliphatic carbocycles. The van der Waals surface area contributed by atoms with Crippen LogP contribution in [0.15, 0.2) is 24.3 Å².